The molecule has 7 heteroatoms. The van der Waals surface area contributed by atoms with Crippen molar-refractivity contribution in [1.29, 1.82) is 0 Å². The molecule has 3 rings (SSSR count). The Kier molecular flexibility index (Phi) is 8.69. The van der Waals surface area contributed by atoms with Gasteiger partial charge in [0.05, 0.1) is 12.8 Å². The molecule has 1 aliphatic heterocycles. The summed E-state index contributed by atoms with van der Waals surface area (Å²) in [5, 5.41) is 13.5. The molecule has 0 aromatic heterocycles. The van der Waals surface area contributed by atoms with Crippen molar-refractivity contribution in [1.82, 2.24) is 10.2 Å². The quantitative estimate of drug-likeness (QED) is 0.379. The summed E-state index contributed by atoms with van der Waals surface area (Å²) in [4.78, 5) is 8.91. The minimum absolute atomic E-state index is 0. The summed E-state index contributed by atoms with van der Waals surface area (Å²) in [6.07, 6.45) is 0.911. The Hall–Kier alpha value is -2.16. The van der Waals surface area contributed by atoms with Crippen LogP contribution in [-0.2, 0) is 6.42 Å². The van der Waals surface area contributed by atoms with E-state index in [1.54, 1.807) is 13.2 Å². The molecular formula is C21H29IN4O2. The van der Waals surface area contributed by atoms with E-state index in [2.05, 4.69) is 32.2 Å². The van der Waals surface area contributed by atoms with Crippen LogP contribution in [0.25, 0.3) is 0 Å². The highest BCUT2D eigenvalue weighted by molar-refractivity contribution is 14.0. The number of ether oxygens (including phenoxy) is 1. The van der Waals surface area contributed by atoms with Crippen LogP contribution < -0.4 is 15.0 Å². The number of hydrogen-bond acceptors (Lipinski definition) is 4. The summed E-state index contributed by atoms with van der Waals surface area (Å²) in [6.45, 7) is 4.27. The number of nitrogens with one attached hydrogen (secondary N) is 1. The maximum atomic E-state index is 10.0. The summed E-state index contributed by atoms with van der Waals surface area (Å²) in [7, 11) is 3.51. The van der Waals surface area contributed by atoms with Gasteiger partial charge in [-0.1, -0.05) is 24.3 Å². The number of benzene rings is 2. The van der Waals surface area contributed by atoms with Gasteiger partial charge < -0.3 is 25.0 Å². The van der Waals surface area contributed by atoms with Crippen molar-refractivity contribution in [3.05, 3.63) is 54.1 Å². The Morgan fingerprint density at radius 1 is 1.11 bits per heavy atom. The molecule has 0 spiro atoms. The fourth-order valence-electron chi connectivity index (χ4n) is 3.37. The van der Waals surface area contributed by atoms with Crippen molar-refractivity contribution >= 4 is 35.6 Å². The number of rotatable bonds is 5. The number of anilines is 1. The predicted octanol–water partition coefficient (Wildman–Crippen LogP) is 2.96. The van der Waals surface area contributed by atoms with Crippen LogP contribution >= 0.6 is 24.0 Å². The van der Waals surface area contributed by atoms with Crippen LogP contribution in [0.3, 0.4) is 0 Å². The number of halogens is 1. The van der Waals surface area contributed by atoms with Gasteiger partial charge in [-0.15, -0.1) is 24.0 Å². The first-order valence-corrected chi connectivity index (χ1v) is 9.32. The van der Waals surface area contributed by atoms with E-state index in [4.69, 9.17) is 4.74 Å². The Labute approximate surface area is 184 Å². The maximum absolute atomic E-state index is 10.0. The smallest absolute Gasteiger partial charge is 0.193 e. The fourth-order valence-corrected chi connectivity index (χ4v) is 3.37. The standard InChI is InChI=1S/C21H28N4O2.HI/c1-22-21(23-11-10-17-6-5-7-18(16-17)27-2)25-14-12-24(13-15-25)19-8-3-4-9-20(19)26;/h3-9,16,26H,10-15H2,1-2H3,(H,22,23);1H. The Balaban J connectivity index is 0.00000280. The average molecular weight is 496 g/mol. The SMILES string of the molecule is CN=C(NCCc1cccc(OC)c1)N1CCN(c2ccccc2O)CC1.I. The van der Waals surface area contributed by atoms with E-state index in [-0.39, 0.29) is 24.0 Å². The molecule has 1 fully saturated rings. The molecular weight excluding hydrogens is 467 g/mol. The molecule has 0 saturated carbocycles. The fraction of sp³-hybridized carbons (Fsp3) is 0.381. The third-order valence-electron chi connectivity index (χ3n) is 4.84. The number of nitrogens with zero attached hydrogens (tertiary/aromatic N) is 3. The Bertz CT molecular complexity index is 777. The molecule has 152 valence electrons. The van der Waals surface area contributed by atoms with E-state index < -0.39 is 0 Å². The number of guanidine groups is 1. The lowest BCUT2D eigenvalue weighted by molar-refractivity contribution is 0.370. The van der Waals surface area contributed by atoms with Crippen LogP contribution in [0.1, 0.15) is 5.56 Å². The van der Waals surface area contributed by atoms with Gasteiger partial charge in [-0.05, 0) is 36.2 Å². The number of methoxy groups -OCH3 is 1. The molecule has 0 amide bonds. The Morgan fingerprint density at radius 2 is 1.86 bits per heavy atom. The van der Waals surface area contributed by atoms with Crippen molar-refractivity contribution in [2.24, 2.45) is 4.99 Å². The number of aliphatic imine (C=N–C) groups is 1. The van der Waals surface area contributed by atoms with E-state index in [9.17, 15) is 5.11 Å². The molecule has 1 aliphatic rings. The second-order valence-electron chi connectivity index (χ2n) is 6.54. The van der Waals surface area contributed by atoms with Crippen LogP contribution in [0.15, 0.2) is 53.5 Å². The zero-order valence-electron chi connectivity index (χ0n) is 16.5. The third kappa shape index (κ3) is 5.67. The zero-order valence-corrected chi connectivity index (χ0v) is 18.8. The molecule has 1 saturated heterocycles. The van der Waals surface area contributed by atoms with E-state index >= 15 is 0 Å². The summed E-state index contributed by atoms with van der Waals surface area (Å²) in [5.41, 5.74) is 2.14. The van der Waals surface area contributed by atoms with Crippen molar-refractivity contribution in [3.8, 4) is 11.5 Å². The molecule has 1 heterocycles. The first-order chi connectivity index (χ1) is 13.2. The van der Waals surface area contributed by atoms with Crippen LogP contribution in [0.2, 0.25) is 0 Å². The van der Waals surface area contributed by atoms with Gasteiger partial charge in [0.25, 0.3) is 0 Å². The second-order valence-corrected chi connectivity index (χ2v) is 6.54. The molecule has 6 nitrogen and oxygen atoms in total. The van der Waals surface area contributed by atoms with Crippen LogP contribution in [0, 0.1) is 0 Å². The molecule has 0 aliphatic carbocycles. The van der Waals surface area contributed by atoms with Crippen LogP contribution in [0.4, 0.5) is 5.69 Å². The normalized spacial score (nSPS) is 14.4. The van der Waals surface area contributed by atoms with Gasteiger partial charge in [-0.25, -0.2) is 0 Å². The molecule has 0 atom stereocenters. The number of aromatic hydroxyl groups is 1. The van der Waals surface area contributed by atoms with Gasteiger partial charge in [-0.2, -0.15) is 0 Å². The van der Waals surface area contributed by atoms with E-state index in [0.717, 1.165) is 56.5 Å². The van der Waals surface area contributed by atoms with Crippen molar-refractivity contribution in [2.45, 2.75) is 6.42 Å². The first kappa shape index (κ1) is 22.1. The average Bonchev–Trinajstić information content (AvgIpc) is 2.72. The minimum atomic E-state index is 0. The molecule has 2 aromatic carbocycles. The second kappa shape index (κ2) is 11.0. The molecule has 2 aromatic rings. The molecule has 0 radical (unpaired) electrons. The highest BCUT2D eigenvalue weighted by Gasteiger charge is 2.21. The van der Waals surface area contributed by atoms with Gasteiger partial charge in [0.1, 0.15) is 11.5 Å². The van der Waals surface area contributed by atoms with E-state index in [1.807, 2.05) is 37.4 Å². The number of phenolic OH excluding ortho intramolecular Hbond substituents is 1. The van der Waals surface area contributed by atoms with Gasteiger partial charge in [0, 0.05) is 39.8 Å². The molecule has 0 bridgehead atoms. The minimum Gasteiger partial charge on any atom is -0.506 e. The van der Waals surface area contributed by atoms with Gasteiger partial charge in [0.2, 0.25) is 0 Å². The molecule has 0 unspecified atom stereocenters. The van der Waals surface area contributed by atoms with Crippen molar-refractivity contribution in [3.63, 3.8) is 0 Å². The lowest BCUT2D eigenvalue weighted by Gasteiger charge is -2.37. The monoisotopic (exact) mass is 496 g/mol. The Morgan fingerprint density at radius 3 is 2.54 bits per heavy atom. The lowest BCUT2D eigenvalue weighted by Crippen LogP contribution is -2.52. The van der Waals surface area contributed by atoms with E-state index in [1.165, 1.54) is 5.56 Å². The van der Waals surface area contributed by atoms with Gasteiger partial charge >= 0.3 is 0 Å². The summed E-state index contributed by atoms with van der Waals surface area (Å²) in [5.74, 6) is 2.15. The van der Waals surface area contributed by atoms with Gasteiger partial charge in [-0.3, -0.25) is 4.99 Å². The number of phenols is 1. The van der Waals surface area contributed by atoms with Crippen LogP contribution in [-0.4, -0.2) is 62.8 Å². The molecule has 2 N–H and O–H groups in total. The van der Waals surface area contributed by atoms with Crippen LogP contribution in [0.5, 0.6) is 11.5 Å². The highest BCUT2D eigenvalue weighted by atomic mass is 127. The first-order valence-electron chi connectivity index (χ1n) is 9.32. The predicted molar refractivity (Wildman–Crippen MR) is 125 cm³/mol. The number of hydrogen-bond donors (Lipinski definition) is 2. The number of piperazine rings is 1. The lowest BCUT2D eigenvalue weighted by atomic mass is 10.1. The summed E-state index contributed by atoms with van der Waals surface area (Å²) >= 11 is 0. The topological polar surface area (TPSA) is 60.3 Å². The molecule has 28 heavy (non-hydrogen) atoms. The summed E-state index contributed by atoms with van der Waals surface area (Å²) < 4.78 is 5.28. The van der Waals surface area contributed by atoms with Crippen molar-refractivity contribution in [2.75, 3.05) is 51.8 Å². The van der Waals surface area contributed by atoms with E-state index in [0.29, 0.717) is 5.75 Å². The maximum Gasteiger partial charge on any atom is 0.193 e. The third-order valence-corrected chi connectivity index (χ3v) is 4.84. The number of para-hydroxylation sites is 2. The largest absolute Gasteiger partial charge is 0.506 e. The van der Waals surface area contributed by atoms with Crippen molar-refractivity contribution < 1.29 is 9.84 Å². The summed E-state index contributed by atoms with van der Waals surface area (Å²) in [6, 6.07) is 15.7. The van der Waals surface area contributed by atoms with Gasteiger partial charge in [0.15, 0.2) is 5.96 Å². The zero-order chi connectivity index (χ0) is 19.1. The highest BCUT2D eigenvalue weighted by Crippen LogP contribution is 2.27.